The van der Waals surface area contributed by atoms with Gasteiger partial charge in [0.2, 0.25) is 5.91 Å². The summed E-state index contributed by atoms with van der Waals surface area (Å²) in [7, 11) is 1.55. The minimum atomic E-state index is -0.432. The molecule has 1 amide bonds. The molecule has 5 rings (SSSR count). The third-order valence-electron chi connectivity index (χ3n) is 5.32. The Morgan fingerprint density at radius 1 is 1.22 bits per heavy atom. The molecule has 0 aliphatic heterocycles. The van der Waals surface area contributed by atoms with Crippen molar-refractivity contribution in [3.8, 4) is 11.4 Å². The molecule has 0 atom stereocenters. The number of hydrogen-bond acceptors (Lipinski definition) is 8. The van der Waals surface area contributed by atoms with E-state index in [1.165, 1.54) is 28.8 Å². The van der Waals surface area contributed by atoms with Crippen molar-refractivity contribution in [1.29, 1.82) is 0 Å². The van der Waals surface area contributed by atoms with Crippen molar-refractivity contribution in [3.63, 3.8) is 0 Å². The summed E-state index contributed by atoms with van der Waals surface area (Å²) in [6, 6.07) is 16.1. The van der Waals surface area contributed by atoms with E-state index in [-0.39, 0.29) is 22.4 Å². The zero-order chi connectivity index (χ0) is 25.9. The Kier molecular flexibility index (Phi) is 7.22. The van der Waals surface area contributed by atoms with Crippen LogP contribution in [0.5, 0.6) is 5.75 Å². The van der Waals surface area contributed by atoms with Gasteiger partial charge in [0.1, 0.15) is 22.0 Å². The second kappa shape index (κ2) is 10.7. The van der Waals surface area contributed by atoms with Crippen molar-refractivity contribution < 1.29 is 18.3 Å². The van der Waals surface area contributed by atoms with Gasteiger partial charge in [0.05, 0.1) is 31.4 Å². The molecule has 8 nitrogen and oxygen atoms in total. The summed E-state index contributed by atoms with van der Waals surface area (Å²) >= 11 is 7.76. The molecule has 37 heavy (non-hydrogen) atoms. The largest absolute Gasteiger partial charge is 0.497 e. The van der Waals surface area contributed by atoms with Gasteiger partial charge in [0.25, 0.3) is 5.56 Å². The zero-order valence-corrected chi connectivity index (χ0v) is 21.8. The van der Waals surface area contributed by atoms with Crippen LogP contribution in [0.2, 0.25) is 0 Å². The Bertz CT molecular complexity index is 1690. The molecule has 0 radical (unpaired) electrons. The van der Waals surface area contributed by atoms with E-state index in [0.717, 1.165) is 23.1 Å². The number of furan rings is 1. The fraction of sp³-hybridized carbons (Fsp3) is 0.120. The number of nitrogens with zero attached hydrogens (tertiary/aromatic N) is 3. The maximum absolute atomic E-state index is 13.6. The fourth-order valence-corrected chi connectivity index (χ4v) is 5.68. The predicted octanol–water partition coefficient (Wildman–Crippen LogP) is 5.50. The molecule has 0 unspecified atom stereocenters. The highest BCUT2D eigenvalue weighted by Gasteiger charge is 2.20. The van der Waals surface area contributed by atoms with Gasteiger partial charge in [-0.3, -0.25) is 18.7 Å². The highest BCUT2D eigenvalue weighted by molar-refractivity contribution is 7.99. The van der Waals surface area contributed by atoms with Gasteiger partial charge in [-0.1, -0.05) is 29.2 Å². The summed E-state index contributed by atoms with van der Waals surface area (Å²) in [4.78, 5) is 31.1. The number of carbonyl (C=O) groups is 1. The van der Waals surface area contributed by atoms with Crippen LogP contribution in [0.15, 0.2) is 81.3 Å². The van der Waals surface area contributed by atoms with Gasteiger partial charge in [0, 0.05) is 11.8 Å². The first-order chi connectivity index (χ1) is 17.9. The van der Waals surface area contributed by atoms with E-state index in [0.29, 0.717) is 43.7 Å². The van der Waals surface area contributed by atoms with Gasteiger partial charge in [-0.25, -0.2) is 9.37 Å². The van der Waals surface area contributed by atoms with Gasteiger partial charge in [0.15, 0.2) is 14.8 Å². The number of hydrogen-bond donors (Lipinski definition) is 1. The number of carbonyl (C=O) groups excluding carboxylic acids is 1. The number of amides is 1. The first kappa shape index (κ1) is 24.9. The standard InChI is InChI=1S/C25H19FN4O4S3/c1-33-18-5-2-4-16(12-18)27-20(31)14-36-24-28-22-21(23(32)30(24)17-9-7-15(26)8-10-17)37-25(35)29(22)13-19-6-3-11-34-19/h2-12H,13-14H2,1H3,(H,27,31). The van der Waals surface area contributed by atoms with E-state index < -0.39 is 5.82 Å². The van der Waals surface area contributed by atoms with Crippen molar-refractivity contribution in [2.75, 3.05) is 18.2 Å². The summed E-state index contributed by atoms with van der Waals surface area (Å²) in [5, 5.41) is 3.08. The minimum absolute atomic E-state index is 0.0284. The number of methoxy groups -OCH3 is 1. The molecule has 0 fully saturated rings. The SMILES string of the molecule is COc1cccc(NC(=O)CSc2nc3c(sc(=S)n3Cc3ccco3)c(=O)n2-c2ccc(F)cc2)c1. The fourth-order valence-electron chi connectivity index (χ4n) is 3.62. The third kappa shape index (κ3) is 5.36. The van der Waals surface area contributed by atoms with Crippen molar-refractivity contribution in [3.05, 3.63) is 92.8 Å². The number of ether oxygens (including phenoxy) is 1. The van der Waals surface area contributed by atoms with Crippen LogP contribution in [0.3, 0.4) is 0 Å². The molecule has 1 N–H and O–H groups in total. The molecule has 0 saturated carbocycles. The summed E-state index contributed by atoms with van der Waals surface area (Å²) in [6.07, 6.45) is 1.56. The van der Waals surface area contributed by atoms with Crippen molar-refractivity contribution >= 4 is 57.3 Å². The summed E-state index contributed by atoms with van der Waals surface area (Å²) in [6.45, 7) is 0.305. The molecular weight excluding hydrogens is 535 g/mol. The first-order valence-corrected chi connectivity index (χ1v) is 13.2. The van der Waals surface area contributed by atoms with Crippen LogP contribution in [0.4, 0.5) is 10.1 Å². The predicted molar refractivity (Wildman–Crippen MR) is 144 cm³/mol. The lowest BCUT2D eigenvalue weighted by Gasteiger charge is -2.13. The van der Waals surface area contributed by atoms with Crippen LogP contribution in [0, 0.1) is 9.77 Å². The average Bonchev–Trinajstić information content (AvgIpc) is 3.52. The van der Waals surface area contributed by atoms with Crippen LogP contribution in [-0.4, -0.2) is 32.9 Å². The van der Waals surface area contributed by atoms with Gasteiger partial charge >= 0.3 is 0 Å². The first-order valence-electron chi connectivity index (χ1n) is 10.9. The van der Waals surface area contributed by atoms with Crippen LogP contribution in [0.1, 0.15) is 5.76 Å². The summed E-state index contributed by atoms with van der Waals surface area (Å²) < 4.78 is 28.2. The molecule has 0 bridgehead atoms. The zero-order valence-electron chi connectivity index (χ0n) is 19.3. The molecular formula is C25H19FN4O4S3. The molecule has 3 aromatic heterocycles. The van der Waals surface area contributed by atoms with Crippen LogP contribution >= 0.6 is 35.3 Å². The number of aromatic nitrogens is 3. The monoisotopic (exact) mass is 554 g/mol. The maximum atomic E-state index is 13.6. The van der Waals surface area contributed by atoms with E-state index in [2.05, 4.69) is 5.32 Å². The molecule has 5 aromatic rings. The summed E-state index contributed by atoms with van der Waals surface area (Å²) in [5.41, 5.74) is 1.04. The van der Waals surface area contributed by atoms with E-state index >= 15 is 0 Å². The van der Waals surface area contributed by atoms with Crippen molar-refractivity contribution in [2.24, 2.45) is 0 Å². The molecule has 0 spiro atoms. The number of benzene rings is 2. The van der Waals surface area contributed by atoms with E-state index in [9.17, 15) is 14.0 Å². The van der Waals surface area contributed by atoms with Crippen LogP contribution in [-0.2, 0) is 11.3 Å². The number of anilines is 1. The quantitative estimate of drug-likeness (QED) is 0.154. The van der Waals surface area contributed by atoms with Gasteiger partial charge in [-0.15, -0.1) is 0 Å². The lowest BCUT2D eigenvalue weighted by molar-refractivity contribution is -0.113. The lowest BCUT2D eigenvalue weighted by atomic mass is 10.3. The number of halogens is 1. The van der Waals surface area contributed by atoms with Gasteiger partial charge in [-0.2, -0.15) is 0 Å². The number of rotatable bonds is 8. The molecule has 3 heterocycles. The van der Waals surface area contributed by atoms with Gasteiger partial charge < -0.3 is 14.5 Å². The Morgan fingerprint density at radius 3 is 2.76 bits per heavy atom. The Hall–Kier alpha value is -3.74. The Balaban J connectivity index is 1.53. The molecule has 0 aliphatic rings. The smallest absolute Gasteiger partial charge is 0.278 e. The highest BCUT2D eigenvalue weighted by Crippen LogP contribution is 2.26. The maximum Gasteiger partial charge on any atom is 0.278 e. The number of thioether (sulfide) groups is 1. The van der Waals surface area contributed by atoms with Crippen LogP contribution in [0.25, 0.3) is 16.0 Å². The molecule has 2 aromatic carbocycles. The van der Waals surface area contributed by atoms with Crippen LogP contribution < -0.4 is 15.6 Å². The Morgan fingerprint density at radius 2 is 2.03 bits per heavy atom. The van der Waals surface area contributed by atoms with E-state index in [1.807, 2.05) is 6.07 Å². The second-order valence-corrected chi connectivity index (χ2v) is 10.4. The molecule has 12 heteroatoms. The number of thiazole rings is 1. The Labute approximate surface area is 223 Å². The van der Waals surface area contributed by atoms with E-state index in [4.69, 9.17) is 26.4 Å². The average molecular weight is 555 g/mol. The highest BCUT2D eigenvalue weighted by atomic mass is 32.2. The van der Waals surface area contributed by atoms with Gasteiger partial charge in [-0.05, 0) is 60.7 Å². The molecule has 188 valence electrons. The van der Waals surface area contributed by atoms with Crippen molar-refractivity contribution in [1.82, 2.24) is 14.1 Å². The molecule has 0 saturated heterocycles. The lowest BCUT2D eigenvalue weighted by Crippen LogP contribution is -2.23. The molecule has 0 aliphatic carbocycles. The summed E-state index contributed by atoms with van der Waals surface area (Å²) in [5.74, 6) is 0.515. The second-order valence-electron chi connectivity index (χ2n) is 7.77. The number of fused-ring (bicyclic) bond motifs is 1. The third-order valence-corrected chi connectivity index (χ3v) is 7.69. The minimum Gasteiger partial charge on any atom is -0.497 e. The topological polar surface area (TPSA) is 91.3 Å². The van der Waals surface area contributed by atoms with E-state index in [1.54, 1.807) is 48.3 Å². The number of nitrogens with one attached hydrogen (secondary N) is 1. The normalized spacial score (nSPS) is 11.1. The van der Waals surface area contributed by atoms with Crippen molar-refractivity contribution in [2.45, 2.75) is 11.7 Å².